The molecule has 1 heterocycles. The number of aliphatic hydroxyl groups excluding tert-OH is 2. The van der Waals surface area contributed by atoms with Crippen molar-refractivity contribution in [2.75, 3.05) is 5.32 Å². The molecule has 4 aliphatic rings. The Morgan fingerprint density at radius 2 is 1.94 bits per heavy atom. The van der Waals surface area contributed by atoms with Gasteiger partial charge in [0.15, 0.2) is 5.13 Å². The van der Waals surface area contributed by atoms with E-state index in [1.165, 1.54) is 44.1 Å². The summed E-state index contributed by atoms with van der Waals surface area (Å²) in [5.41, 5.74) is 5.34. The molecule has 0 aliphatic heterocycles. The maximum absolute atomic E-state index is 11.5. The van der Waals surface area contributed by atoms with Crippen LogP contribution in [0.4, 0.5) is 5.13 Å². The second-order valence-electron chi connectivity index (χ2n) is 11.7. The zero-order valence-corrected chi connectivity index (χ0v) is 22.2. The highest BCUT2D eigenvalue weighted by Gasteiger charge is 2.43. The number of hydrogen-bond acceptors (Lipinski definition) is 5. The molecular formula is C30H42N2O2S. The van der Waals surface area contributed by atoms with Crippen molar-refractivity contribution >= 4 is 16.5 Å². The molecule has 5 atom stereocenters. The first-order valence-electron chi connectivity index (χ1n) is 13.7. The van der Waals surface area contributed by atoms with Crippen LogP contribution in [0.1, 0.15) is 96.1 Å². The summed E-state index contributed by atoms with van der Waals surface area (Å²) in [5, 5.41) is 28.3. The number of nitrogens with zero attached hydrogens (tertiary/aromatic N) is 1. The third kappa shape index (κ3) is 5.52. The van der Waals surface area contributed by atoms with Crippen molar-refractivity contribution in [1.29, 1.82) is 0 Å². The molecule has 3 N–H and O–H groups in total. The highest BCUT2D eigenvalue weighted by Crippen LogP contribution is 2.47. The highest BCUT2D eigenvalue weighted by atomic mass is 32.1. The lowest BCUT2D eigenvalue weighted by Gasteiger charge is -2.45. The Labute approximate surface area is 215 Å². The van der Waals surface area contributed by atoms with Gasteiger partial charge in [-0.1, -0.05) is 55.4 Å². The van der Waals surface area contributed by atoms with Crippen molar-refractivity contribution in [2.24, 2.45) is 17.3 Å². The molecule has 0 radical (unpaired) electrons. The van der Waals surface area contributed by atoms with Gasteiger partial charge in [0, 0.05) is 16.7 Å². The van der Waals surface area contributed by atoms with Gasteiger partial charge in [-0.2, -0.15) is 0 Å². The Morgan fingerprint density at radius 1 is 1.11 bits per heavy atom. The quantitative estimate of drug-likeness (QED) is 0.276. The first-order valence-corrected chi connectivity index (χ1v) is 14.6. The topological polar surface area (TPSA) is 65.4 Å². The van der Waals surface area contributed by atoms with Gasteiger partial charge < -0.3 is 15.5 Å². The van der Waals surface area contributed by atoms with Crippen molar-refractivity contribution < 1.29 is 10.2 Å². The fourth-order valence-electron chi connectivity index (χ4n) is 6.79. The summed E-state index contributed by atoms with van der Waals surface area (Å²) in [6.45, 7) is 4.35. The fourth-order valence-corrected chi connectivity index (χ4v) is 7.58. The lowest BCUT2D eigenvalue weighted by atomic mass is 9.63. The van der Waals surface area contributed by atoms with E-state index in [1.54, 1.807) is 22.5 Å². The molecule has 190 valence electrons. The molecule has 4 nitrogen and oxygen atoms in total. The van der Waals surface area contributed by atoms with Crippen LogP contribution in [0.3, 0.4) is 0 Å². The average Bonchev–Trinajstić information content (AvgIpc) is 3.33. The van der Waals surface area contributed by atoms with E-state index < -0.39 is 11.6 Å². The van der Waals surface area contributed by atoms with E-state index in [2.05, 4.69) is 54.9 Å². The summed E-state index contributed by atoms with van der Waals surface area (Å²) >= 11 is 1.60. The Balaban J connectivity index is 1.31. The summed E-state index contributed by atoms with van der Waals surface area (Å²) in [7, 11) is 0. The summed E-state index contributed by atoms with van der Waals surface area (Å²) in [6.07, 6.45) is 22.8. The third-order valence-corrected chi connectivity index (χ3v) is 9.57. The smallest absolute Gasteiger partial charge is 0.184 e. The second-order valence-corrected chi connectivity index (χ2v) is 12.5. The van der Waals surface area contributed by atoms with Gasteiger partial charge in [-0.15, -0.1) is 11.3 Å². The minimum Gasteiger partial charge on any atom is -0.393 e. The van der Waals surface area contributed by atoms with Gasteiger partial charge in [0.2, 0.25) is 0 Å². The van der Waals surface area contributed by atoms with Crippen molar-refractivity contribution in [1.82, 2.24) is 4.98 Å². The van der Waals surface area contributed by atoms with Crippen LogP contribution in [0.25, 0.3) is 0 Å². The van der Waals surface area contributed by atoms with Crippen molar-refractivity contribution in [3.8, 4) is 0 Å². The molecule has 0 saturated heterocycles. The van der Waals surface area contributed by atoms with Crippen molar-refractivity contribution in [2.45, 2.75) is 103 Å². The average molecular weight is 495 g/mol. The minimum atomic E-state index is -0.726. The van der Waals surface area contributed by atoms with Crippen LogP contribution in [0.5, 0.6) is 0 Å². The first kappa shape index (κ1) is 25.0. The fraction of sp³-hybridized carbons (Fsp3) is 0.633. The lowest BCUT2D eigenvalue weighted by molar-refractivity contribution is 0.0113. The molecule has 5 heteroatoms. The molecule has 0 fully saturated rings. The molecule has 0 bridgehead atoms. The number of anilines is 1. The number of aliphatic hydroxyl groups is 2. The van der Waals surface area contributed by atoms with Crippen LogP contribution in [0, 0.1) is 17.3 Å². The van der Waals surface area contributed by atoms with Gasteiger partial charge in [0.1, 0.15) is 6.23 Å². The van der Waals surface area contributed by atoms with Gasteiger partial charge in [-0.3, -0.25) is 0 Å². The molecular weight excluding hydrogens is 452 g/mol. The lowest BCUT2D eigenvalue weighted by Crippen LogP contribution is -2.46. The molecule has 1 aromatic rings. The Bertz CT molecular complexity index is 1020. The maximum Gasteiger partial charge on any atom is 0.184 e. The first-order chi connectivity index (χ1) is 16.9. The van der Waals surface area contributed by atoms with Crippen LogP contribution in [0.2, 0.25) is 0 Å². The number of allylic oxidation sites excluding steroid dienone is 7. The van der Waals surface area contributed by atoms with Gasteiger partial charge in [-0.25, -0.2) is 4.98 Å². The van der Waals surface area contributed by atoms with E-state index in [4.69, 9.17) is 4.98 Å². The summed E-state index contributed by atoms with van der Waals surface area (Å²) in [6, 6.07) is 0. The maximum atomic E-state index is 11.5. The number of rotatable bonds is 7. The normalized spacial score (nSPS) is 28.9. The van der Waals surface area contributed by atoms with Crippen LogP contribution in [-0.2, 0) is 0 Å². The molecule has 35 heavy (non-hydrogen) atoms. The number of thiazole rings is 1. The Kier molecular flexibility index (Phi) is 7.66. The predicted octanol–water partition coefficient (Wildman–Crippen LogP) is 7.26. The third-order valence-electron chi connectivity index (χ3n) is 8.78. The van der Waals surface area contributed by atoms with Crippen LogP contribution in [-0.4, -0.2) is 27.5 Å². The van der Waals surface area contributed by atoms with Gasteiger partial charge >= 0.3 is 0 Å². The number of hydrogen-bond donors (Lipinski definition) is 3. The van der Waals surface area contributed by atoms with Gasteiger partial charge in [-0.05, 0) is 88.0 Å². The molecule has 1 aromatic heterocycles. The Hall–Kier alpha value is -1.69. The molecule has 4 aliphatic carbocycles. The molecule has 5 rings (SSSR count). The molecule has 0 saturated carbocycles. The van der Waals surface area contributed by atoms with Crippen molar-refractivity contribution in [3.63, 3.8) is 0 Å². The van der Waals surface area contributed by atoms with Crippen molar-refractivity contribution in [3.05, 3.63) is 58.2 Å². The standard InChI is InChI=1S/C30H42N2O2S/c1-30(2,27(21-10-4-3-5-11-21)24-13-8-14-25(33)18-24)28(34)32-29-31-26(19-35-29)23-16-15-20-9-6-7-12-22(20)17-23/h8,10,13,15-16,19,23-25,27-28,33-34H,3-7,9,11-12,14,17-18H2,1-2H3,(H,31,32). The summed E-state index contributed by atoms with van der Waals surface area (Å²) in [5.74, 6) is 0.776. The highest BCUT2D eigenvalue weighted by molar-refractivity contribution is 7.13. The number of nitrogens with one attached hydrogen (secondary N) is 1. The number of aromatic nitrogens is 1. The molecule has 0 spiro atoms. The van der Waals surface area contributed by atoms with E-state index in [-0.39, 0.29) is 17.9 Å². The summed E-state index contributed by atoms with van der Waals surface area (Å²) < 4.78 is 0. The molecule has 0 aromatic carbocycles. The van der Waals surface area contributed by atoms with E-state index >= 15 is 0 Å². The SMILES string of the molecule is CC(C)(C(O)Nc1nc(C2C=CC3=C(CCCC3)C2)cs1)C(C1=CCCCC1)C1C=CCC(O)C1. The molecule has 5 unspecified atom stereocenters. The minimum absolute atomic E-state index is 0.189. The van der Waals surface area contributed by atoms with Gasteiger partial charge in [0.25, 0.3) is 0 Å². The Morgan fingerprint density at radius 3 is 2.74 bits per heavy atom. The van der Waals surface area contributed by atoms with E-state index in [0.29, 0.717) is 5.92 Å². The van der Waals surface area contributed by atoms with Crippen LogP contribution in [0.15, 0.2) is 52.5 Å². The zero-order valence-electron chi connectivity index (χ0n) is 21.4. The summed E-state index contributed by atoms with van der Waals surface area (Å²) in [4.78, 5) is 4.93. The van der Waals surface area contributed by atoms with Crippen LogP contribution < -0.4 is 5.32 Å². The molecule has 0 amide bonds. The monoisotopic (exact) mass is 494 g/mol. The predicted molar refractivity (Wildman–Crippen MR) is 145 cm³/mol. The zero-order chi connectivity index (χ0) is 24.4. The van der Waals surface area contributed by atoms with E-state index in [1.807, 2.05) is 0 Å². The largest absolute Gasteiger partial charge is 0.393 e. The van der Waals surface area contributed by atoms with E-state index in [9.17, 15) is 10.2 Å². The van der Waals surface area contributed by atoms with Gasteiger partial charge in [0.05, 0.1) is 11.8 Å². The van der Waals surface area contributed by atoms with E-state index in [0.717, 1.165) is 42.9 Å². The van der Waals surface area contributed by atoms with Crippen LogP contribution >= 0.6 is 11.3 Å². The second kappa shape index (κ2) is 10.7.